The fourth-order valence-electron chi connectivity index (χ4n) is 2.43. The molecule has 3 nitrogen and oxygen atoms in total. The molecule has 1 fully saturated rings. The standard InChI is InChI=1S/C16H25NO2/c1-3-11-19-14-8-6-5-7-13(14)15(17)16(18-4-2)12-9-10-12/h5-8,12,15-16H,3-4,9-11,17H2,1-2H3. The van der Waals surface area contributed by atoms with Crippen LogP contribution in [0.15, 0.2) is 24.3 Å². The van der Waals surface area contributed by atoms with E-state index in [1.807, 2.05) is 25.1 Å². The lowest BCUT2D eigenvalue weighted by Crippen LogP contribution is -2.31. The molecule has 2 unspecified atom stereocenters. The van der Waals surface area contributed by atoms with Crippen molar-refractivity contribution in [3.8, 4) is 5.75 Å². The Morgan fingerprint density at radius 3 is 2.63 bits per heavy atom. The highest BCUT2D eigenvalue weighted by Crippen LogP contribution is 2.40. The first kappa shape index (κ1) is 14.4. The normalized spacial score (nSPS) is 18.1. The van der Waals surface area contributed by atoms with Gasteiger partial charge in [-0.25, -0.2) is 0 Å². The second-order valence-corrected chi connectivity index (χ2v) is 5.17. The van der Waals surface area contributed by atoms with Crippen LogP contribution in [0.25, 0.3) is 0 Å². The van der Waals surface area contributed by atoms with Crippen molar-refractivity contribution in [2.75, 3.05) is 13.2 Å². The zero-order valence-corrected chi connectivity index (χ0v) is 12.0. The van der Waals surface area contributed by atoms with E-state index >= 15 is 0 Å². The lowest BCUT2D eigenvalue weighted by molar-refractivity contribution is 0.0276. The van der Waals surface area contributed by atoms with Crippen LogP contribution in [-0.2, 0) is 4.74 Å². The summed E-state index contributed by atoms with van der Waals surface area (Å²) in [6, 6.07) is 7.98. The number of hydrogen-bond donors (Lipinski definition) is 1. The van der Waals surface area contributed by atoms with Gasteiger partial charge < -0.3 is 15.2 Å². The van der Waals surface area contributed by atoms with Gasteiger partial charge in [0.15, 0.2) is 0 Å². The maximum Gasteiger partial charge on any atom is 0.124 e. The highest BCUT2D eigenvalue weighted by atomic mass is 16.5. The van der Waals surface area contributed by atoms with E-state index in [2.05, 4.69) is 13.0 Å². The summed E-state index contributed by atoms with van der Waals surface area (Å²) in [6.07, 6.45) is 3.59. The van der Waals surface area contributed by atoms with Crippen molar-refractivity contribution >= 4 is 0 Å². The van der Waals surface area contributed by atoms with Crippen LogP contribution >= 0.6 is 0 Å². The summed E-state index contributed by atoms with van der Waals surface area (Å²) in [5.41, 5.74) is 7.50. The van der Waals surface area contributed by atoms with E-state index in [1.165, 1.54) is 12.8 Å². The molecule has 0 saturated heterocycles. The minimum absolute atomic E-state index is 0.0968. The van der Waals surface area contributed by atoms with Crippen LogP contribution in [0.1, 0.15) is 44.7 Å². The first-order valence-corrected chi connectivity index (χ1v) is 7.36. The van der Waals surface area contributed by atoms with Crippen LogP contribution in [-0.4, -0.2) is 19.3 Å². The predicted molar refractivity (Wildman–Crippen MR) is 77.3 cm³/mol. The van der Waals surface area contributed by atoms with Crippen LogP contribution < -0.4 is 10.5 Å². The molecule has 0 radical (unpaired) electrons. The summed E-state index contributed by atoms with van der Waals surface area (Å²) in [7, 11) is 0. The van der Waals surface area contributed by atoms with Gasteiger partial charge in [0.1, 0.15) is 5.75 Å². The Morgan fingerprint density at radius 2 is 2.00 bits per heavy atom. The summed E-state index contributed by atoms with van der Waals surface area (Å²) in [4.78, 5) is 0. The maximum atomic E-state index is 6.43. The molecular formula is C16H25NO2. The Labute approximate surface area is 116 Å². The first-order valence-electron chi connectivity index (χ1n) is 7.36. The first-order chi connectivity index (χ1) is 9.27. The summed E-state index contributed by atoms with van der Waals surface area (Å²) in [5, 5.41) is 0. The van der Waals surface area contributed by atoms with Gasteiger partial charge in [-0.3, -0.25) is 0 Å². The molecule has 1 saturated carbocycles. The molecule has 0 heterocycles. The van der Waals surface area contributed by atoms with Gasteiger partial charge in [0.05, 0.1) is 18.8 Å². The lowest BCUT2D eigenvalue weighted by Gasteiger charge is -2.25. The zero-order valence-electron chi connectivity index (χ0n) is 12.0. The van der Waals surface area contributed by atoms with Crippen molar-refractivity contribution in [2.45, 2.75) is 45.3 Å². The van der Waals surface area contributed by atoms with Gasteiger partial charge in [-0.2, -0.15) is 0 Å². The van der Waals surface area contributed by atoms with Crippen molar-refractivity contribution in [3.63, 3.8) is 0 Å². The Kier molecular flexibility index (Phi) is 5.23. The number of para-hydroxylation sites is 1. The second kappa shape index (κ2) is 6.92. The third-order valence-electron chi connectivity index (χ3n) is 3.54. The van der Waals surface area contributed by atoms with E-state index in [1.54, 1.807) is 0 Å². The molecule has 3 heteroatoms. The molecule has 2 rings (SSSR count). The van der Waals surface area contributed by atoms with Crippen LogP contribution in [0.4, 0.5) is 0 Å². The Morgan fingerprint density at radius 1 is 1.26 bits per heavy atom. The van der Waals surface area contributed by atoms with Crippen molar-refractivity contribution in [2.24, 2.45) is 11.7 Å². The van der Waals surface area contributed by atoms with E-state index in [4.69, 9.17) is 15.2 Å². The van der Waals surface area contributed by atoms with Crippen molar-refractivity contribution < 1.29 is 9.47 Å². The molecule has 0 aromatic heterocycles. The van der Waals surface area contributed by atoms with Crippen LogP contribution in [0, 0.1) is 5.92 Å². The van der Waals surface area contributed by atoms with E-state index < -0.39 is 0 Å². The Hall–Kier alpha value is -1.06. The average molecular weight is 263 g/mol. The molecule has 2 N–H and O–H groups in total. The summed E-state index contributed by atoms with van der Waals surface area (Å²) in [5.74, 6) is 1.52. The van der Waals surface area contributed by atoms with Gasteiger partial charge >= 0.3 is 0 Å². The molecule has 1 aromatic carbocycles. The van der Waals surface area contributed by atoms with Gasteiger partial charge in [-0.05, 0) is 38.2 Å². The average Bonchev–Trinajstić information content (AvgIpc) is 3.26. The quantitative estimate of drug-likeness (QED) is 0.782. The minimum Gasteiger partial charge on any atom is -0.493 e. The highest BCUT2D eigenvalue weighted by Gasteiger charge is 2.37. The molecule has 0 aliphatic heterocycles. The fraction of sp³-hybridized carbons (Fsp3) is 0.625. The number of ether oxygens (including phenoxy) is 2. The molecule has 0 bridgehead atoms. The Bertz CT molecular complexity index is 390. The smallest absolute Gasteiger partial charge is 0.124 e. The van der Waals surface area contributed by atoms with Crippen molar-refractivity contribution in [1.29, 1.82) is 0 Å². The van der Waals surface area contributed by atoms with Crippen LogP contribution in [0.5, 0.6) is 5.75 Å². The molecule has 0 amide bonds. The SMILES string of the molecule is CCCOc1ccccc1C(N)C(OCC)C1CC1. The second-order valence-electron chi connectivity index (χ2n) is 5.17. The van der Waals surface area contributed by atoms with Gasteiger partial charge in [0, 0.05) is 12.2 Å². The van der Waals surface area contributed by atoms with Crippen LogP contribution in [0.2, 0.25) is 0 Å². The van der Waals surface area contributed by atoms with Gasteiger partial charge in [0.25, 0.3) is 0 Å². The third kappa shape index (κ3) is 3.71. The minimum atomic E-state index is -0.0968. The lowest BCUT2D eigenvalue weighted by atomic mass is 9.98. The fourth-order valence-corrected chi connectivity index (χ4v) is 2.43. The molecule has 1 aliphatic carbocycles. The topological polar surface area (TPSA) is 44.5 Å². The molecule has 1 aromatic rings. The summed E-state index contributed by atoms with van der Waals surface area (Å²) < 4.78 is 11.7. The van der Waals surface area contributed by atoms with Crippen LogP contribution in [0.3, 0.4) is 0 Å². The molecular weight excluding hydrogens is 238 g/mol. The third-order valence-corrected chi connectivity index (χ3v) is 3.54. The highest BCUT2D eigenvalue weighted by molar-refractivity contribution is 5.36. The Balaban J connectivity index is 2.13. The number of benzene rings is 1. The molecule has 2 atom stereocenters. The van der Waals surface area contributed by atoms with Crippen molar-refractivity contribution in [3.05, 3.63) is 29.8 Å². The van der Waals surface area contributed by atoms with E-state index in [-0.39, 0.29) is 12.1 Å². The number of nitrogens with two attached hydrogens (primary N) is 1. The molecule has 106 valence electrons. The monoisotopic (exact) mass is 263 g/mol. The summed E-state index contributed by atoms with van der Waals surface area (Å²) >= 11 is 0. The summed E-state index contributed by atoms with van der Waals surface area (Å²) in [6.45, 7) is 5.58. The van der Waals surface area contributed by atoms with E-state index in [9.17, 15) is 0 Å². The molecule has 0 spiro atoms. The van der Waals surface area contributed by atoms with Gasteiger partial charge in [0.2, 0.25) is 0 Å². The van der Waals surface area contributed by atoms with E-state index in [0.717, 1.165) is 24.3 Å². The van der Waals surface area contributed by atoms with Crippen molar-refractivity contribution in [1.82, 2.24) is 0 Å². The number of rotatable bonds is 8. The molecule has 19 heavy (non-hydrogen) atoms. The zero-order chi connectivity index (χ0) is 13.7. The van der Waals surface area contributed by atoms with Gasteiger partial charge in [-0.15, -0.1) is 0 Å². The van der Waals surface area contributed by atoms with E-state index in [0.29, 0.717) is 12.5 Å². The predicted octanol–water partition coefficient (Wildman–Crippen LogP) is 3.29. The largest absolute Gasteiger partial charge is 0.493 e. The molecule has 1 aliphatic rings. The van der Waals surface area contributed by atoms with Gasteiger partial charge in [-0.1, -0.05) is 25.1 Å². The number of hydrogen-bond acceptors (Lipinski definition) is 3. The maximum absolute atomic E-state index is 6.43.